The van der Waals surface area contributed by atoms with Gasteiger partial charge in [-0.1, -0.05) is 0 Å². The summed E-state index contributed by atoms with van der Waals surface area (Å²) in [5.74, 6) is 0. The van der Waals surface area contributed by atoms with Gasteiger partial charge in [-0.3, -0.25) is 9.11 Å². The van der Waals surface area contributed by atoms with Crippen LogP contribution in [-0.4, -0.2) is 13.3 Å². The minimum Gasteiger partial charge on any atom is -1.00 e. The molecule has 0 unspecified atom stereocenters. The molecule has 0 aromatic carbocycles. The van der Waals surface area contributed by atoms with Crippen molar-refractivity contribution in [2.45, 2.75) is 0 Å². The van der Waals surface area contributed by atoms with E-state index < -0.39 is 9.05 Å². The summed E-state index contributed by atoms with van der Waals surface area (Å²) in [7, 11) is -3.83. The summed E-state index contributed by atoms with van der Waals surface area (Å²) in [6.45, 7) is 21.0. The fourth-order valence-corrected chi connectivity index (χ4v) is 0. The van der Waals surface area contributed by atoms with Gasteiger partial charge in [0, 0.05) is 67.7 Å². The van der Waals surface area contributed by atoms with Gasteiger partial charge in [-0.25, -0.2) is 31.6 Å². The van der Waals surface area contributed by atoms with Gasteiger partial charge in [0.15, 0.2) is 0 Å². The minimum absolute atomic E-state index is 0. The summed E-state index contributed by atoms with van der Waals surface area (Å²) in [6, 6.07) is 0. The van der Waals surface area contributed by atoms with Gasteiger partial charge < -0.3 is 2.85 Å². The van der Waals surface area contributed by atoms with Crippen molar-refractivity contribution in [1.82, 2.24) is 0 Å². The molecular formula is C6H10FeKN6NaO3S2. The number of rotatable bonds is 0. The van der Waals surface area contributed by atoms with Crippen molar-refractivity contribution >= 4 is 20.2 Å². The standard InChI is InChI=1S/6CHN.Fe.K.Na.H2O3S2.2H/c6*1-2;;;;1-5(2,3)4;;/h6*1H;;;;(H2,1,2,3,4);;/q;;;;;;;2*+1;;2*-1. The third-order valence-corrected chi connectivity index (χ3v) is 0. The van der Waals surface area contributed by atoms with E-state index >= 15 is 0 Å². The van der Waals surface area contributed by atoms with E-state index in [9.17, 15) is 0 Å². The van der Waals surface area contributed by atoms with Crippen LogP contribution in [0.3, 0.4) is 0 Å². The zero-order valence-corrected chi connectivity index (χ0v) is 18.5. The fourth-order valence-electron chi connectivity index (χ4n) is 0. The Bertz CT molecular complexity index is 282. The molecule has 2 N–H and O–H groups in total. The first-order chi connectivity index (χ1) is 8.00. The second kappa shape index (κ2) is 161. The van der Waals surface area contributed by atoms with Crippen LogP contribution in [0.4, 0.5) is 0 Å². The van der Waals surface area contributed by atoms with Crippen LogP contribution in [0.25, 0.3) is 0 Å². The Morgan fingerprint density at radius 1 is 0.750 bits per heavy atom. The Morgan fingerprint density at radius 3 is 0.750 bits per heavy atom. The molecular weight excluding hydrogens is 386 g/mol. The van der Waals surface area contributed by atoms with E-state index in [0.717, 1.165) is 0 Å². The smallest absolute Gasteiger partial charge is 1.00 e. The number of hydrogen-bond donors (Lipinski definition) is 2. The second-order valence-electron chi connectivity index (χ2n) is 0.448. The van der Waals surface area contributed by atoms with Crippen LogP contribution in [0, 0.1) is 71.0 Å². The molecule has 0 spiro atoms. The molecule has 0 bridgehead atoms. The first-order valence-corrected chi connectivity index (χ1v) is 4.64. The van der Waals surface area contributed by atoms with Crippen molar-refractivity contribution in [3.63, 3.8) is 0 Å². The van der Waals surface area contributed by atoms with Crippen molar-refractivity contribution < 1.29 is 114 Å². The zero-order chi connectivity index (χ0) is 16.5. The minimum atomic E-state index is -3.83. The summed E-state index contributed by atoms with van der Waals surface area (Å²) in [4.78, 5) is 0. The van der Waals surface area contributed by atoms with Crippen LogP contribution in [0.15, 0.2) is 0 Å². The van der Waals surface area contributed by atoms with Gasteiger partial charge in [0.05, 0.1) is 0 Å². The SMILES string of the molecule is C#N.C#N.C#N.C#N.C#N.C#N.O=S(O)(O)=S.[Fe].[H-].[H-].[K+].[Na+]. The molecule has 0 atom stereocenters. The Kier molecular flexibility index (Phi) is 571. The number of nitrogens with zero attached hydrogens (tertiary/aromatic N) is 6. The first-order valence-electron chi connectivity index (χ1n) is 2.25. The van der Waals surface area contributed by atoms with E-state index in [4.69, 9.17) is 44.9 Å². The van der Waals surface area contributed by atoms with Crippen molar-refractivity contribution in [3.8, 4) is 39.4 Å². The van der Waals surface area contributed by atoms with E-state index in [1.54, 1.807) is 0 Å². The molecule has 14 heteroatoms. The third kappa shape index (κ3) is 37300. The average molecular weight is 396 g/mol. The molecule has 0 heterocycles. The summed E-state index contributed by atoms with van der Waals surface area (Å²) in [6.07, 6.45) is 0. The van der Waals surface area contributed by atoms with Crippen molar-refractivity contribution in [2.75, 3.05) is 0 Å². The van der Waals surface area contributed by atoms with Crippen LogP contribution in [0.5, 0.6) is 0 Å². The summed E-state index contributed by atoms with van der Waals surface area (Å²) < 4.78 is 24.0. The molecule has 0 aliphatic heterocycles. The Morgan fingerprint density at radius 2 is 0.750 bits per heavy atom. The molecule has 0 fully saturated rings. The molecule has 0 aliphatic rings. The molecule has 0 aliphatic carbocycles. The monoisotopic (exact) mass is 396 g/mol. The van der Waals surface area contributed by atoms with Crippen LogP contribution in [0.2, 0.25) is 0 Å². The van der Waals surface area contributed by atoms with Gasteiger partial charge in [0.2, 0.25) is 0 Å². The molecule has 0 rings (SSSR count). The molecule has 0 aromatic rings. The van der Waals surface area contributed by atoms with E-state index in [1.165, 1.54) is 0 Å². The van der Waals surface area contributed by atoms with Crippen molar-refractivity contribution in [2.24, 2.45) is 0 Å². The zero-order valence-electron chi connectivity index (χ0n) is 12.6. The molecule has 0 saturated heterocycles. The van der Waals surface area contributed by atoms with Gasteiger partial charge in [-0.15, -0.1) is 0 Å². The average Bonchev–Trinajstić information content (AvgIpc) is 2.41. The van der Waals surface area contributed by atoms with Crippen molar-refractivity contribution in [3.05, 3.63) is 0 Å². The van der Waals surface area contributed by atoms with Gasteiger partial charge in [0.25, 0.3) is 9.05 Å². The normalized spacial score (nSPS) is 3.50. The Hall–Kier alpha value is 0.386. The fraction of sp³-hybridized carbons (Fsp3) is 0. The second-order valence-corrected chi connectivity index (χ2v) is 2.65. The predicted molar refractivity (Wildman–Crippen MR) is 63.0 cm³/mol. The van der Waals surface area contributed by atoms with E-state index in [1.807, 2.05) is 0 Å². The maximum Gasteiger partial charge on any atom is 1.00 e. The molecule has 20 heavy (non-hydrogen) atoms. The maximum atomic E-state index is 9.11. The number of nitriles is 6. The van der Waals surface area contributed by atoms with E-state index in [-0.39, 0.29) is 101 Å². The summed E-state index contributed by atoms with van der Waals surface area (Å²) in [5.41, 5.74) is 0. The van der Waals surface area contributed by atoms with Crippen LogP contribution < -0.4 is 80.9 Å². The Labute approximate surface area is 202 Å². The summed E-state index contributed by atoms with van der Waals surface area (Å²) in [5, 5.41) is 39.0. The first kappa shape index (κ1) is 71.0. The molecule has 0 amide bonds. The molecule has 0 saturated carbocycles. The van der Waals surface area contributed by atoms with Crippen molar-refractivity contribution in [1.29, 1.82) is 31.6 Å². The quantitative estimate of drug-likeness (QED) is 0.373. The maximum absolute atomic E-state index is 9.11. The predicted octanol–water partition coefficient (Wildman–Crippen LogP) is -5.25. The van der Waals surface area contributed by atoms with Crippen LogP contribution >= 0.6 is 0 Å². The topological polar surface area (TPSA) is 200 Å². The van der Waals surface area contributed by atoms with E-state index in [2.05, 4.69) is 50.6 Å². The summed E-state index contributed by atoms with van der Waals surface area (Å²) >= 11 is 3.47. The van der Waals surface area contributed by atoms with Gasteiger partial charge in [-0.05, 0) is 0 Å². The third-order valence-electron chi connectivity index (χ3n) is 0. The molecule has 0 radical (unpaired) electrons. The van der Waals surface area contributed by atoms with Gasteiger partial charge in [-0.2, -0.15) is 4.21 Å². The molecule has 9 nitrogen and oxygen atoms in total. The van der Waals surface area contributed by atoms with E-state index in [0.29, 0.717) is 0 Å². The largest absolute Gasteiger partial charge is 1.00 e. The van der Waals surface area contributed by atoms with Crippen LogP contribution in [0.1, 0.15) is 2.85 Å². The molecule has 104 valence electrons. The van der Waals surface area contributed by atoms with Crippen LogP contribution in [-0.2, 0) is 37.3 Å². The Balaban J connectivity index is -0.00000000535. The number of hydrogen-bond acceptors (Lipinski definition) is 8. The van der Waals surface area contributed by atoms with Gasteiger partial charge in [0.1, 0.15) is 0 Å². The molecule has 0 aromatic heterocycles. The van der Waals surface area contributed by atoms with Gasteiger partial charge >= 0.3 is 80.9 Å².